The van der Waals surface area contributed by atoms with Crippen LogP contribution in [-0.4, -0.2) is 39.9 Å². The molecule has 4 rings (SSSR count). The van der Waals surface area contributed by atoms with Gasteiger partial charge in [-0.25, -0.2) is 4.98 Å². The van der Waals surface area contributed by atoms with Crippen molar-refractivity contribution in [3.05, 3.63) is 72.3 Å². The molecule has 0 saturated carbocycles. The largest absolute Gasteiger partial charge is 0.395 e. The van der Waals surface area contributed by atoms with Crippen LogP contribution in [0, 0.1) is 6.92 Å². The lowest BCUT2D eigenvalue weighted by Gasteiger charge is -2.19. The number of aryl methyl sites for hydroxylation is 1. The number of anilines is 1. The van der Waals surface area contributed by atoms with E-state index in [1.165, 1.54) is 5.56 Å². The molecule has 0 aliphatic carbocycles. The smallest absolute Gasteiger partial charge is 0.158 e. The lowest BCUT2D eigenvalue weighted by Crippen LogP contribution is -2.24. The molecule has 0 atom stereocenters. The molecule has 2 aromatic carbocycles. The molecule has 5 nitrogen and oxygen atoms in total. The lowest BCUT2D eigenvalue weighted by molar-refractivity contribution is 0.303. The van der Waals surface area contributed by atoms with Gasteiger partial charge in [0.2, 0.25) is 0 Å². The van der Waals surface area contributed by atoms with Crippen molar-refractivity contribution in [3.63, 3.8) is 0 Å². The average Bonchev–Trinajstić information content (AvgIpc) is 3.12. The Hall–Kier alpha value is -3.18. The highest BCUT2D eigenvalue weighted by Gasteiger charge is 2.14. The van der Waals surface area contributed by atoms with Crippen molar-refractivity contribution >= 4 is 11.5 Å². The number of fused-ring (bicyclic) bond motifs is 1. The highest BCUT2D eigenvalue weighted by atomic mass is 16.3. The van der Waals surface area contributed by atoms with E-state index >= 15 is 0 Å². The quantitative estimate of drug-likeness (QED) is 0.590. The van der Waals surface area contributed by atoms with Crippen molar-refractivity contribution in [2.24, 2.45) is 0 Å². The van der Waals surface area contributed by atoms with Crippen LogP contribution >= 0.6 is 0 Å². The first-order valence-electron chi connectivity index (χ1n) is 9.01. The van der Waals surface area contributed by atoms with E-state index in [9.17, 15) is 5.11 Å². The number of likely N-dealkylation sites (N-methyl/N-ethyl adjacent to an activating group) is 1. The second-order valence-electron chi connectivity index (χ2n) is 6.68. The normalized spacial score (nSPS) is 11.1. The Labute approximate surface area is 158 Å². The number of benzene rings is 2. The van der Waals surface area contributed by atoms with Gasteiger partial charge in [-0.3, -0.25) is 0 Å². The third-order valence-electron chi connectivity index (χ3n) is 4.65. The molecule has 0 radical (unpaired) electrons. The molecule has 0 fully saturated rings. The van der Waals surface area contributed by atoms with Gasteiger partial charge < -0.3 is 10.0 Å². The molecule has 27 heavy (non-hydrogen) atoms. The molecule has 0 unspecified atom stereocenters. The van der Waals surface area contributed by atoms with Gasteiger partial charge in [0.15, 0.2) is 5.65 Å². The molecule has 1 N–H and O–H groups in total. The van der Waals surface area contributed by atoms with E-state index < -0.39 is 0 Å². The van der Waals surface area contributed by atoms with Crippen LogP contribution in [0.5, 0.6) is 0 Å². The molecule has 0 aliphatic heterocycles. The standard InChI is InChI=1S/C22H22N4O/c1-16-8-10-18(11-9-16)20-14-21-23-19(17-6-4-3-5-7-17)15-22(26(21)24-20)25(2)12-13-27/h3-11,14-15,27H,12-13H2,1-2H3. The van der Waals surface area contributed by atoms with Crippen LogP contribution in [0.2, 0.25) is 0 Å². The maximum absolute atomic E-state index is 9.38. The van der Waals surface area contributed by atoms with Crippen molar-refractivity contribution in [2.45, 2.75) is 6.92 Å². The Morgan fingerprint density at radius 2 is 1.63 bits per heavy atom. The average molecular weight is 358 g/mol. The molecule has 0 spiro atoms. The number of rotatable bonds is 5. The number of aliphatic hydroxyl groups is 1. The maximum atomic E-state index is 9.38. The summed E-state index contributed by atoms with van der Waals surface area (Å²) in [5.41, 5.74) is 5.88. The molecule has 0 saturated heterocycles. The highest BCUT2D eigenvalue weighted by Crippen LogP contribution is 2.27. The first kappa shape index (κ1) is 17.2. The number of aliphatic hydroxyl groups excluding tert-OH is 1. The minimum Gasteiger partial charge on any atom is -0.395 e. The SMILES string of the molecule is Cc1ccc(-c2cc3nc(-c4ccccc4)cc(N(C)CCO)n3n2)cc1. The summed E-state index contributed by atoms with van der Waals surface area (Å²) in [6, 6.07) is 22.4. The van der Waals surface area contributed by atoms with E-state index in [0.717, 1.165) is 34.0 Å². The van der Waals surface area contributed by atoms with Gasteiger partial charge in [-0.1, -0.05) is 60.2 Å². The van der Waals surface area contributed by atoms with E-state index in [1.54, 1.807) is 0 Å². The zero-order valence-electron chi connectivity index (χ0n) is 15.5. The van der Waals surface area contributed by atoms with Gasteiger partial charge in [0.25, 0.3) is 0 Å². The van der Waals surface area contributed by atoms with E-state index in [0.29, 0.717) is 6.54 Å². The fraction of sp³-hybridized carbons (Fsp3) is 0.182. The van der Waals surface area contributed by atoms with E-state index in [-0.39, 0.29) is 6.61 Å². The zero-order chi connectivity index (χ0) is 18.8. The zero-order valence-corrected chi connectivity index (χ0v) is 15.5. The first-order valence-corrected chi connectivity index (χ1v) is 9.01. The molecule has 4 aromatic rings. The van der Waals surface area contributed by atoms with Crippen LogP contribution in [0.25, 0.3) is 28.2 Å². The summed E-state index contributed by atoms with van der Waals surface area (Å²) in [4.78, 5) is 6.82. The molecular formula is C22H22N4O. The van der Waals surface area contributed by atoms with Crippen molar-refractivity contribution < 1.29 is 5.11 Å². The van der Waals surface area contributed by atoms with Gasteiger partial charge >= 0.3 is 0 Å². The molecule has 2 heterocycles. The summed E-state index contributed by atoms with van der Waals surface area (Å²) in [6.07, 6.45) is 0. The third kappa shape index (κ3) is 3.41. The van der Waals surface area contributed by atoms with E-state index in [4.69, 9.17) is 10.1 Å². The first-order chi connectivity index (χ1) is 13.2. The van der Waals surface area contributed by atoms with Crippen LogP contribution < -0.4 is 4.90 Å². The van der Waals surface area contributed by atoms with Crippen LogP contribution in [0.3, 0.4) is 0 Å². The number of hydrogen-bond acceptors (Lipinski definition) is 4. The van der Waals surface area contributed by atoms with Gasteiger partial charge in [-0.05, 0) is 6.92 Å². The predicted molar refractivity (Wildman–Crippen MR) is 109 cm³/mol. The van der Waals surface area contributed by atoms with E-state index in [2.05, 4.69) is 31.2 Å². The van der Waals surface area contributed by atoms with Crippen molar-refractivity contribution in [1.82, 2.24) is 14.6 Å². The monoisotopic (exact) mass is 358 g/mol. The number of nitrogens with zero attached hydrogens (tertiary/aromatic N) is 4. The molecule has 0 bridgehead atoms. The van der Waals surface area contributed by atoms with Crippen LogP contribution in [-0.2, 0) is 0 Å². The molecular weight excluding hydrogens is 336 g/mol. The van der Waals surface area contributed by atoms with Crippen LogP contribution in [0.15, 0.2) is 66.7 Å². The summed E-state index contributed by atoms with van der Waals surface area (Å²) in [7, 11) is 1.95. The number of hydrogen-bond donors (Lipinski definition) is 1. The van der Waals surface area contributed by atoms with Gasteiger partial charge in [-0.15, -0.1) is 0 Å². The second-order valence-corrected chi connectivity index (χ2v) is 6.68. The second kappa shape index (κ2) is 7.21. The van der Waals surface area contributed by atoms with Crippen molar-refractivity contribution in [3.8, 4) is 22.5 Å². The van der Waals surface area contributed by atoms with Crippen molar-refractivity contribution in [1.29, 1.82) is 0 Å². The molecule has 2 aromatic heterocycles. The summed E-state index contributed by atoms with van der Waals surface area (Å²) < 4.78 is 1.84. The van der Waals surface area contributed by atoms with Gasteiger partial charge in [-0.2, -0.15) is 9.61 Å². The van der Waals surface area contributed by atoms with Crippen molar-refractivity contribution in [2.75, 3.05) is 25.1 Å². The molecule has 5 heteroatoms. The van der Waals surface area contributed by atoms with Gasteiger partial charge in [0, 0.05) is 36.9 Å². The molecule has 0 aliphatic rings. The summed E-state index contributed by atoms with van der Waals surface area (Å²) >= 11 is 0. The molecule has 0 amide bonds. The minimum absolute atomic E-state index is 0.0765. The van der Waals surface area contributed by atoms with Crippen LogP contribution in [0.4, 0.5) is 5.82 Å². The highest BCUT2D eigenvalue weighted by molar-refractivity contribution is 5.71. The Bertz CT molecular complexity index is 1060. The third-order valence-corrected chi connectivity index (χ3v) is 4.65. The Kier molecular flexibility index (Phi) is 4.60. The maximum Gasteiger partial charge on any atom is 0.158 e. The Morgan fingerprint density at radius 3 is 2.33 bits per heavy atom. The topological polar surface area (TPSA) is 53.7 Å². The number of aromatic nitrogens is 3. The summed E-state index contributed by atoms with van der Waals surface area (Å²) in [6.45, 7) is 2.67. The summed E-state index contributed by atoms with van der Waals surface area (Å²) in [5.74, 6) is 0.895. The summed E-state index contributed by atoms with van der Waals surface area (Å²) in [5, 5.41) is 14.2. The van der Waals surface area contributed by atoms with E-state index in [1.807, 2.05) is 58.9 Å². The van der Waals surface area contributed by atoms with Gasteiger partial charge in [0.1, 0.15) is 5.82 Å². The fourth-order valence-corrected chi connectivity index (χ4v) is 3.12. The van der Waals surface area contributed by atoms with Gasteiger partial charge in [0.05, 0.1) is 18.0 Å². The molecule has 136 valence electrons. The fourth-order valence-electron chi connectivity index (χ4n) is 3.12. The Balaban J connectivity index is 1.89. The Morgan fingerprint density at radius 1 is 0.926 bits per heavy atom. The minimum atomic E-state index is 0.0765. The van der Waals surface area contributed by atoms with Crippen LogP contribution in [0.1, 0.15) is 5.56 Å². The predicted octanol–water partition coefficient (Wildman–Crippen LogP) is 3.80. The lowest BCUT2D eigenvalue weighted by atomic mass is 10.1.